The lowest BCUT2D eigenvalue weighted by atomic mass is 10.0. The maximum Gasteiger partial charge on any atom is 0.352 e. The molecular formula is C36H37N8O8S2+. The molecule has 0 unspecified atom stereocenters. The minimum Gasteiger partial charge on any atom is -0.508 e. The molecule has 2 atom stereocenters. The van der Waals surface area contributed by atoms with Crippen molar-refractivity contribution in [3.8, 4) is 5.75 Å². The van der Waals surface area contributed by atoms with Gasteiger partial charge in [0.2, 0.25) is 12.5 Å². The van der Waals surface area contributed by atoms with E-state index in [4.69, 9.17) is 10.6 Å². The molecule has 3 fully saturated rings. The number of aliphatic carboxylic acids is 1. The van der Waals surface area contributed by atoms with Crippen molar-refractivity contribution in [2.45, 2.75) is 62.7 Å². The first-order valence-corrected chi connectivity index (χ1v) is 19.2. The molecule has 6 N–H and O–H groups in total. The molecule has 0 bridgehead atoms. The molecule has 4 aliphatic rings. The van der Waals surface area contributed by atoms with E-state index >= 15 is 0 Å². The van der Waals surface area contributed by atoms with Crippen molar-refractivity contribution in [3.63, 3.8) is 0 Å². The topological polar surface area (TPSA) is 221 Å². The van der Waals surface area contributed by atoms with Crippen LogP contribution < -0.4 is 20.9 Å². The quantitative estimate of drug-likeness (QED) is 0.0590. The summed E-state index contributed by atoms with van der Waals surface area (Å²) in [6.45, 7) is 0.780. The van der Waals surface area contributed by atoms with Gasteiger partial charge in [0, 0.05) is 53.7 Å². The lowest BCUT2D eigenvalue weighted by molar-refractivity contribution is -0.684. The van der Waals surface area contributed by atoms with Crippen molar-refractivity contribution >= 4 is 69.2 Å². The fourth-order valence-corrected chi connectivity index (χ4v) is 8.57. The Morgan fingerprint density at radius 3 is 2.63 bits per heavy atom. The van der Waals surface area contributed by atoms with Gasteiger partial charge in [0.25, 0.3) is 17.7 Å². The monoisotopic (exact) mass is 773 g/mol. The van der Waals surface area contributed by atoms with Crippen LogP contribution in [0.3, 0.4) is 0 Å². The van der Waals surface area contributed by atoms with Gasteiger partial charge in [0.05, 0.1) is 0 Å². The van der Waals surface area contributed by atoms with Crippen molar-refractivity contribution in [2.24, 2.45) is 5.16 Å². The molecule has 16 nitrogen and oxygen atoms in total. The van der Waals surface area contributed by atoms with Crippen molar-refractivity contribution in [1.82, 2.24) is 20.1 Å². The predicted molar refractivity (Wildman–Crippen MR) is 198 cm³/mol. The highest BCUT2D eigenvalue weighted by Gasteiger charge is 2.54. The number of hydrogen-bond acceptors (Lipinski definition) is 12. The highest BCUT2D eigenvalue weighted by atomic mass is 32.2. The number of likely N-dealkylation sites (tertiary alicyclic amines) is 1. The number of thioether (sulfide) groups is 1. The van der Waals surface area contributed by atoms with Gasteiger partial charge in [0.15, 0.2) is 23.2 Å². The third kappa shape index (κ3) is 7.93. The van der Waals surface area contributed by atoms with Crippen molar-refractivity contribution in [1.29, 1.82) is 0 Å². The number of nitrogens with one attached hydrogen (secondary N) is 2. The zero-order chi connectivity index (χ0) is 37.9. The Morgan fingerprint density at radius 2 is 1.93 bits per heavy atom. The number of β-lactam (4-membered cyclic amide) rings is 1. The Bertz CT molecular complexity index is 2090. The number of carbonyl (C=O) groups excluding carboxylic acids is 4. The van der Waals surface area contributed by atoms with E-state index in [1.165, 1.54) is 23.9 Å². The second kappa shape index (κ2) is 15.7. The number of nitrogens with two attached hydrogens (primary N) is 1. The molecule has 7 rings (SSSR count). The number of pyridine rings is 1. The Kier molecular flexibility index (Phi) is 10.6. The zero-order valence-corrected chi connectivity index (χ0v) is 30.5. The Hall–Kier alpha value is -5.75. The number of aromatic nitrogens is 2. The molecule has 5 heterocycles. The fourth-order valence-electron chi connectivity index (χ4n) is 6.72. The number of fused-ring (bicyclic) bond motifs is 1. The Morgan fingerprint density at radius 1 is 1.15 bits per heavy atom. The van der Waals surface area contributed by atoms with Crippen LogP contribution in [0, 0.1) is 0 Å². The summed E-state index contributed by atoms with van der Waals surface area (Å²) in [7, 11) is 0. The second-order valence-corrected chi connectivity index (χ2v) is 15.2. The van der Waals surface area contributed by atoms with E-state index in [0.29, 0.717) is 36.3 Å². The number of hydrogen-bond donors (Lipinski definition) is 5. The van der Waals surface area contributed by atoms with Gasteiger partial charge in [-0.3, -0.25) is 24.1 Å². The van der Waals surface area contributed by atoms with Gasteiger partial charge < -0.3 is 36.3 Å². The normalized spacial score (nSPS) is 21.0. The lowest BCUT2D eigenvalue weighted by Gasteiger charge is -2.49. The molecule has 4 amide bonds. The highest BCUT2D eigenvalue weighted by molar-refractivity contribution is 8.00. The minimum atomic E-state index is -1.31. The van der Waals surface area contributed by atoms with Crippen LogP contribution in [0.15, 0.2) is 82.2 Å². The SMILES string of the molecule is Nc1nc(/C(=N/OC2CCCC2)C(=O)N[C@@H]2C(=O)N3C(C(=O)O)=C(C=C4CCN(Cc5cc[n+](CC(=O)Nc6cccc(O)c6)cc5)C4=O)CS[C@H]23)cs1. The van der Waals surface area contributed by atoms with E-state index in [-0.39, 0.29) is 58.2 Å². The molecule has 3 aliphatic heterocycles. The number of phenols is 1. The number of carboxylic acids is 1. The Labute approximate surface area is 317 Å². The Balaban J connectivity index is 0.982. The summed E-state index contributed by atoms with van der Waals surface area (Å²) in [5.74, 6) is -2.86. The number of nitrogen functional groups attached to an aromatic ring is 1. The first-order valence-electron chi connectivity index (χ1n) is 17.3. The van der Waals surface area contributed by atoms with E-state index in [0.717, 1.165) is 47.5 Å². The van der Waals surface area contributed by atoms with E-state index < -0.39 is 29.2 Å². The van der Waals surface area contributed by atoms with Gasteiger partial charge in [-0.2, -0.15) is 4.57 Å². The average molecular weight is 774 g/mol. The van der Waals surface area contributed by atoms with E-state index in [9.17, 15) is 34.2 Å². The summed E-state index contributed by atoms with van der Waals surface area (Å²) >= 11 is 2.42. The van der Waals surface area contributed by atoms with Crippen molar-refractivity contribution < 1.29 is 43.6 Å². The van der Waals surface area contributed by atoms with Crippen molar-refractivity contribution in [3.05, 3.63) is 88.3 Å². The number of thiazole rings is 1. The summed E-state index contributed by atoms with van der Waals surface area (Å²) in [4.78, 5) is 77.9. The van der Waals surface area contributed by atoms with Crippen LogP contribution in [0.4, 0.5) is 10.8 Å². The number of carbonyl (C=O) groups is 5. The molecule has 2 aromatic heterocycles. The number of allylic oxidation sites excluding steroid dienone is 1. The summed E-state index contributed by atoms with van der Waals surface area (Å²) in [6, 6.07) is 8.89. The third-order valence-corrected chi connectivity index (χ3v) is 11.4. The van der Waals surface area contributed by atoms with Gasteiger partial charge in [-0.25, -0.2) is 9.78 Å². The number of carboxylic acid groups (broad SMARTS) is 1. The van der Waals surface area contributed by atoms with Crippen LogP contribution in [0.5, 0.6) is 5.75 Å². The number of rotatable bonds is 12. The maximum atomic E-state index is 13.4. The minimum absolute atomic E-state index is 0.0464. The smallest absolute Gasteiger partial charge is 0.352 e. The summed E-state index contributed by atoms with van der Waals surface area (Å²) in [5.41, 5.74) is 7.76. The molecule has 280 valence electrons. The first kappa shape index (κ1) is 36.6. The summed E-state index contributed by atoms with van der Waals surface area (Å²) in [6.07, 6.45) is 8.96. The number of amides is 4. The van der Waals surface area contributed by atoms with Gasteiger partial charge in [-0.05, 0) is 61.4 Å². The van der Waals surface area contributed by atoms with Crippen molar-refractivity contribution in [2.75, 3.05) is 23.3 Å². The second-order valence-electron chi connectivity index (χ2n) is 13.2. The van der Waals surface area contributed by atoms with Crippen LogP contribution in [-0.2, 0) is 41.9 Å². The molecule has 1 saturated carbocycles. The first-order chi connectivity index (χ1) is 26.0. The van der Waals surface area contributed by atoms with Crippen LogP contribution in [0.25, 0.3) is 0 Å². The van der Waals surface area contributed by atoms with Gasteiger partial charge in [0.1, 0.15) is 34.7 Å². The van der Waals surface area contributed by atoms with E-state index in [1.54, 1.807) is 45.4 Å². The van der Waals surface area contributed by atoms with E-state index in [2.05, 4.69) is 20.8 Å². The number of nitrogens with zero attached hydrogens (tertiary/aromatic N) is 5. The fraction of sp³-hybridized carbons (Fsp3) is 0.333. The molecule has 18 heteroatoms. The van der Waals surface area contributed by atoms with Crippen LogP contribution in [0.2, 0.25) is 0 Å². The maximum absolute atomic E-state index is 13.4. The number of anilines is 2. The molecule has 3 aromatic rings. The number of aromatic hydroxyl groups is 1. The van der Waals surface area contributed by atoms with Crippen LogP contribution >= 0.6 is 23.1 Å². The third-order valence-electron chi connectivity index (χ3n) is 9.41. The van der Waals surface area contributed by atoms with Crippen LogP contribution in [-0.4, -0.2) is 90.1 Å². The predicted octanol–water partition coefficient (Wildman–Crippen LogP) is 2.12. The average Bonchev–Trinajstić information content (AvgIpc) is 3.90. The summed E-state index contributed by atoms with van der Waals surface area (Å²) < 4.78 is 1.69. The molecule has 2 saturated heterocycles. The molecule has 0 radical (unpaired) electrons. The molecule has 1 aromatic carbocycles. The van der Waals surface area contributed by atoms with Gasteiger partial charge in [-0.15, -0.1) is 23.1 Å². The largest absolute Gasteiger partial charge is 0.508 e. The molecular weight excluding hydrogens is 737 g/mol. The van der Waals surface area contributed by atoms with Crippen LogP contribution in [0.1, 0.15) is 43.4 Å². The molecule has 0 spiro atoms. The van der Waals surface area contributed by atoms with E-state index in [1.807, 2.05) is 12.1 Å². The number of phenolic OH excluding ortho intramolecular Hbond substituents is 1. The summed E-state index contributed by atoms with van der Waals surface area (Å²) in [5, 5.41) is 30.5. The zero-order valence-electron chi connectivity index (χ0n) is 28.8. The standard InChI is InChI=1S/C36H36N8O8S2/c37-36-39-26(19-54-36)28(41-52-25-6-1-2-7-25)31(47)40-29-33(49)44-30(35(50)51)22(18-53-34(29)44)14-21-10-13-43(32(21)48)16-20-8-11-42(12-9-20)17-27(46)38-23-4-3-5-24(45)15-23/h3-5,8-9,11-12,14-15,19,25,29,34H,1-2,6-7,10,13,16-18H2,(H5-,37,38,39,40,45,46,47,50,51)/p+1/b21-14?,41-28-/t29-,34-/m1/s1. The highest BCUT2D eigenvalue weighted by Crippen LogP contribution is 2.41. The molecule has 1 aliphatic carbocycles. The van der Waals surface area contributed by atoms with Gasteiger partial charge in [-0.1, -0.05) is 11.2 Å². The number of oxime groups is 1. The lowest BCUT2D eigenvalue weighted by Crippen LogP contribution is -2.71. The number of benzene rings is 1. The molecule has 54 heavy (non-hydrogen) atoms. The van der Waals surface area contributed by atoms with Gasteiger partial charge >= 0.3 is 5.97 Å².